The monoisotopic (exact) mass is 367 g/mol. The van der Waals surface area contributed by atoms with Crippen LogP contribution in [0.5, 0.6) is 5.75 Å². The van der Waals surface area contributed by atoms with Crippen molar-refractivity contribution in [2.45, 2.75) is 45.9 Å². The molecule has 1 atom stereocenters. The van der Waals surface area contributed by atoms with Crippen molar-refractivity contribution in [2.24, 2.45) is 5.41 Å². The van der Waals surface area contributed by atoms with E-state index in [1.807, 2.05) is 68.4 Å². The predicted molar refractivity (Wildman–Crippen MR) is 102 cm³/mol. The Bertz CT molecular complexity index is 782. The third kappa shape index (κ3) is 4.13. The van der Waals surface area contributed by atoms with E-state index in [1.165, 1.54) is 0 Å². The van der Waals surface area contributed by atoms with E-state index in [0.717, 1.165) is 24.0 Å². The van der Waals surface area contributed by atoms with Crippen molar-refractivity contribution in [3.8, 4) is 5.75 Å². The Balaban J connectivity index is 1.51. The minimum absolute atomic E-state index is 0.0512. The van der Waals surface area contributed by atoms with Gasteiger partial charge < -0.3 is 14.8 Å². The van der Waals surface area contributed by atoms with Crippen LogP contribution < -0.4 is 10.1 Å². The minimum Gasteiger partial charge on any atom is -0.470 e. The number of rotatable bonds is 8. The van der Waals surface area contributed by atoms with Crippen LogP contribution in [0.2, 0.25) is 0 Å². The van der Waals surface area contributed by atoms with E-state index in [1.54, 1.807) is 0 Å². The lowest BCUT2D eigenvalue weighted by atomic mass is 9.73. The summed E-state index contributed by atoms with van der Waals surface area (Å²) in [6, 6.07) is 16.9. The fourth-order valence-corrected chi connectivity index (χ4v) is 3.30. The first-order chi connectivity index (χ1) is 13.1. The molecule has 2 aromatic carbocycles. The molecule has 27 heavy (non-hydrogen) atoms. The van der Waals surface area contributed by atoms with Gasteiger partial charge in [-0.25, -0.2) is 0 Å². The van der Waals surface area contributed by atoms with Crippen LogP contribution in [0.4, 0.5) is 0 Å². The van der Waals surface area contributed by atoms with Crippen LogP contribution >= 0.6 is 0 Å². The number of hydrogen-bond acceptors (Lipinski definition) is 4. The second-order valence-corrected chi connectivity index (χ2v) is 6.80. The Morgan fingerprint density at radius 1 is 1.00 bits per heavy atom. The summed E-state index contributed by atoms with van der Waals surface area (Å²) < 4.78 is 11.2. The lowest BCUT2D eigenvalue weighted by molar-refractivity contribution is -0.161. The zero-order valence-electron chi connectivity index (χ0n) is 15.7. The summed E-state index contributed by atoms with van der Waals surface area (Å²) in [7, 11) is 0. The highest BCUT2D eigenvalue weighted by Crippen LogP contribution is 2.39. The van der Waals surface area contributed by atoms with E-state index < -0.39 is 5.41 Å². The highest BCUT2D eigenvalue weighted by Gasteiger charge is 2.54. The van der Waals surface area contributed by atoms with Gasteiger partial charge in [-0.1, -0.05) is 56.3 Å². The van der Waals surface area contributed by atoms with Gasteiger partial charge in [-0.2, -0.15) is 0 Å². The third-order valence-corrected chi connectivity index (χ3v) is 5.25. The number of ether oxygens (including phenoxy) is 2. The molecule has 0 bridgehead atoms. The second-order valence-electron chi connectivity index (χ2n) is 6.80. The molecule has 1 saturated heterocycles. The molecule has 0 unspecified atom stereocenters. The van der Waals surface area contributed by atoms with Crippen molar-refractivity contribution < 1.29 is 19.1 Å². The van der Waals surface area contributed by atoms with Crippen LogP contribution in [0.1, 0.15) is 37.8 Å². The molecule has 0 aromatic heterocycles. The maximum Gasteiger partial charge on any atom is 0.310 e. The molecule has 5 heteroatoms. The smallest absolute Gasteiger partial charge is 0.310 e. The van der Waals surface area contributed by atoms with E-state index in [-0.39, 0.29) is 31.1 Å². The standard InChI is InChI=1S/C22H25NO4/c1-3-22(4-2)20(25)23-21(22)27-18-12-10-16(11-13-18)14-19(24)26-15-17-8-6-5-7-9-17/h5-13,21H,3-4,14-15H2,1-2H3,(H,23,25)/t21-/m0/s1. The van der Waals surface area contributed by atoms with Gasteiger partial charge in [0.25, 0.3) is 0 Å². The molecule has 3 rings (SSSR count). The summed E-state index contributed by atoms with van der Waals surface area (Å²) >= 11 is 0. The molecule has 1 amide bonds. The molecule has 1 fully saturated rings. The lowest BCUT2D eigenvalue weighted by Gasteiger charge is -2.47. The first kappa shape index (κ1) is 19.0. The number of nitrogens with one attached hydrogen (secondary N) is 1. The number of benzene rings is 2. The zero-order chi connectivity index (χ0) is 19.3. The van der Waals surface area contributed by atoms with E-state index in [4.69, 9.17) is 9.47 Å². The first-order valence-electron chi connectivity index (χ1n) is 9.33. The maximum atomic E-state index is 12.0. The molecule has 1 aliphatic rings. The largest absolute Gasteiger partial charge is 0.470 e. The molecular formula is C22H25NO4. The number of β-lactam (4-membered cyclic amide) rings is 1. The van der Waals surface area contributed by atoms with Crippen LogP contribution in [-0.4, -0.2) is 18.1 Å². The van der Waals surface area contributed by atoms with E-state index in [2.05, 4.69) is 5.32 Å². The van der Waals surface area contributed by atoms with Crippen molar-refractivity contribution in [2.75, 3.05) is 0 Å². The summed E-state index contributed by atoms with van der Waals surface area (Å²) in [5.74, 6) is 0.456. The van der Waals surface area contributed by atoms with E-state index in [9.17, 15) is 9.59 Å². The number of amides is 1. The average Bonchev–Trinajstić information content (AvgIpc) is 2.69. The molecule has 142 valence electrons. The van der Waals surface area contributed by atoms with Gasteiger partial charge in [-0.05, 0) is 36.1 Å². The van der Waals surface area contributed by atoms with E-state index >= 15 is 0 Å². The Morgan fingerprint density at radius 2 is 1.67 bits per heavy atom. The van der Waals surface area contributed by atoms with Crippen molar-refractivity contribution in [3.05, 3.63) is 65.7 Å². The van der Waals surface area contributed by atoms with Gasteiger partial charge in [0, 0.05) is 0 Å². The molecule has 0 spiro atoms. The Hall–Kier alpha value is -2.82. The molecule has 1 heterocycles. The van der Waals surface area contributed by atoms with Gasteiger partial charge in [0.15, 0.2) is 6.23 Å². The van der Waals surface area contributed by atoms with Gasteiger partial charge >= 0.3 is 5.97 Å². The second kappa shape index (κ2) is 8.25. The number of hydrogen-bond donors (Lipinski definition) is 1. The summed E-state index contributed by atoms with van der Waals surface area (Å²) in [5, 5.41) is 2.83. The molecule has 0 radical (unpaired) electrons. The first-order valence-corrected chi connectivity index (χ1v) is 9.33. The summed E-state index contributed by atoms with van der Waals surface area (Å²) in [6.07, 6.45) is 1.39. The van der Waals surface area contributed by atoms with Crippen LogP contribution in [0.15, 0.2) is 54.6 Å². The van der Waals surface area contributed by atoms with Crippen LogP contribution in [-0.2, 0) is 27.4 Å². The van der Waals surface area contributed by atoms with Crippen molar-refractivity contribution in [3.63, 3.8) is 0 Å². The zero-order valence-corrected chi connectivity index (χ0v) is 15.7. The molecular weight excluding hydrogens is 342 g/mol. The summed E-state index contributed by atoms with van der Waals surface area (Å²) in [5.41, 5.74) is 1.38. The molecule has 1 N–H and O–H groups in total. The number of esters is 1. The van der Waals surface area contributed by atoms with Gasteiger partial charge in [0.2, 0.25) is 5.91 Å². The summed E-state index contributed by atoms with van der Waals surface area (Å²) in [6.45, 7) is 4.28. The van der Waals surface area contributed by atoms with Gasteiger partial charge in [0.1, 0.15) is 17.8 Å². The fourth-order valence-electron chi connectivity index (χ4n) is 3.30. The lowest BCUT2D eigenvalue weighted by Crippen LogP contribution is -2.69. The maximum absolute atomic E-state index is 12.0. The van der Waals surface area contributed by atoms with Gasteiger partial charge in [-0.3, -0.25) is 9.59 Å². The average molecular weight is 367 g/mol. The van der Waals surface area contributed by atoms with Crippen LogP contribution in [0, 0.1) is 5.41 Å². The highest BCUT2D eigenvalue weighted by atomic mass is 16.5. The van der Waals surface area contributed by atoms with Crippen LogP contribution in [0.3, 0.4) is 0 Å². The molecule has 5 nitrogen and oxygen atoms in total. The predicted octanol–water partition coefficient (Wildman–Crippen LogP) is 3.61. The van der Waals surface area contributed by atoms with Gasteiger partial charge in [-0.15, -0.1) is 0 Å². The Morgan fingerprint density at radius 3 is 2.26 bits per heavy atom. The van der Waals surface area contributed by atoms with Crippen LogP contribution in [0.25, 0.3) is 0 Å². The molecule has 2 aromatic rings. The fraction of sp³-hybridized carbons (Fsp3) is 0.364. The Labute approximate surface area is 159 Å². The molecule has 1 aliphatic heterocycles. The van der Waals surface area contributed by atoms with Crippen molar-refractivity contribution >= 4 is 11.9 Å². The quantitative estimate of drug-likeness (QED) is 0.572. The number of carbonyl (C=O) groups excluding carboxylic acids is 2. The van der Waals surface area contributed by atoms with Crippen molar-refractivity contribution in [1.82, 2.24) is 5.32 Å². The SMILES string of the molecule is CCC1(CC)C(=O)N[C@H]1Oc1ccc(CC(=O)OCc2ccccc2)cc1. The number of carbonyl (C=O) groups is 2. The normalized spacial score (nSPS) is 17.6. The Kier molecular flexibility index (Phi) is 5.79. The highest BCUT2D eigenvalue weighted by molar-refractivity contribution is 5.89. The molecule has 0 saturated carbocycles. The van der Waals surface area contributed by atoms with Gasteiger partial charge in [0.05, 0.1) is 6.42 Å². The molecule has 0 aliphatic carbocycles. The third-order valence-electron chi connectivity index (χ3n) is 5.25. The minimum atomic E-state index is -0.445. The summed E-state index contributed by atoms with van der Waals surface area (Å²) in [4.78, 5) is 23.9. The van der Waals surface area contributed by atoms with Crippen molar-refractivity contribution in [1.29, 1.82) is 0 Å². The topological polar surface area (TPSA) is 64.6 Å². The van der Waals surface area contributed by atoms with E-state index in [0.29, 0.717) is 5.75 Å².